The molecule has 0 aliphatic heterocycles. The highest BCUT2D eigenvalue weighted by molar-refractivity contribution is 4.96. The lowest BCUT2D eigenvalue weighted by Crippen LogP contribution is -2.30. The van der Waals surface area contributed by atoms with Crippen LogP contribution in [-0.2, 0) is 6.42 Å². The maximum absolute atomic E-state index is 8.56. The van der Waals surface area contributed by atoms with Gasteiger partial charge in [0.05, 0.1) is 17.8 Å². The molecular formula is C17H28N4. The van der Waals surface area contributed by atoms with Crippen molar-refractivity contribution < 1.29 is 0 Å². The number of aryl methyl sites for hydroxylation is 1. The van der Waals surface area contributed by atoms with Crippen molar-refractivity contribution in [2.24, 2.45) is 17.8 Å². The monoisotopic (exact) mass is 288 g/mol. The highest BCUT2D eigenvalue weighted by atomic mass is 15.4. The molecule has 0 saturated heterocycles. The first-order valence-corrected chi connectivity index (χ1v) is 8.39. The van der Waals surface area contributed by atoms with Crippen molar-refractivity contribution in [2.45, 2.75) is 71.8 Å². The van der Waals surface area contributed by atoms with Gasteiger partial charge in [-0.05, 0) is 49.9 Å². The minimum Gasteiger partial charge on any atom is -0.249 e. The molecule has 21 heavy (non-hydrogen) atoms. The fourth-order valence-corrected chi connectivity index (χ4v) is 3.56. The Kier molecular flexibility index (Phi) is 5.78. The molecule has 0 spiro atoms. The number of aromatic nitrogens is 3. The van der Waals surface area contributed by atoms with Crippen LogP contribution in [0.25, 0.3) is 0 Å². The summed E-state index contributed by atoms with van der Waals surface area (Å²) < 4.78 is 2.12. The molecule has 1 aliphatic rings. The number of rotatable bonds is 6. The summed E-state index contributed by atoms with van der Waals surface area (Å²) in [5.74, 6) is 2.20. The van der Waals surface area contributed by atoms with E-state index in [9.17, 15) is 0 Å². The third-order valence-electron chi connectivity index (χ3n) is 4.86. The van der Waals surface area contributed by atoms with E-state index < -0.39 is 0 Å². The van der Waals surface area contributed by atoms with Gasteiger partial charge in [0.15, 0.2) is 0 Å². The predicted molar refractivity (Wildman–Crippen MR) is 83.6 cm³/mol. The molecule has 4 heteroatoms. The summed E-state index contributed by atoms with van der Waals surface area (Å²) in [4.78, 5) is 0. The van der Waals surface area contributed by atoms with Gasteiger partial charge >= 0.3 is 0 Å². The molecule has 4 nitrogen and oxygen atoms in total. The van der Waals surface area contributed by atoms with Gasteiger partial charge in [0.1, 0.15) is 0 Å². The first-order chi connectivity index (χ1) is 10.1. The summed E-state index contributed by atoms with van der Waals surface area (Å²) >= 11 is 0. The van der Waals surface area contributed by atoms with Crippen LogP contribution in [0.1, 0.15) is 71.0 Å². The quantitative estimate of drug-likeness (QED) is 0.739. The Morgan fingerprint density at radius 1 is 1.38 bits per heavy atom. The summed E-state index contributed by atoms with van der Waals surface area (Å²) in [7, 11) is 0. The van der Waals surface area contributed by atoms with E-state index >= 15 is 0 Å². The van der Waals surface area contributed by atoms with Crippen LogP contribution in [-0.4, -0.2) is 15.0 Å². The van der Waals surface area contributed by atoms with Gasteiger partial charge in [0, 0.05) is 12.6 Å². The zero-order chi connectivity index (χ0) is 15.2. The van der Waals surface area contributed by atoms with E-state index in [4.69, 9.17) is 5.26 Å². The number of nitriles is 1. The van der Waals surface area contributed by atoms with Crippen molar-refractivity contribution in [2.75, 3.05) is 0 Å². The van der Waals surface area contributed by atoms with Crippen molar-refractivity contribution in [3.05, 3.63) is 11.9 Å². The van der Waals surface area contributed by atoms with Crippen LogP contribution in [0.15, 0.2) is 6.20 Å². The average molecular weight is 288 g/mol. The van der Waals surface area contributed by atoms with Crippen molar-refractivity contribution in [1.82, 2.24) is 15.0 Å². The van der Waals surface area contributed by atoms with Crippen LogP contribution >= 0.6 is 0 Å². The molecule has 1 aliphatic carbocycles. The van der Waals surface area contributed by atoms with Gasteiger partial charge < -0.3 is 0 Å². The van der Waals surface area contributed by atoms with Gasteiger partial charge in [-0.1, -0.05) is 32.4 Å². The van der Waals surface area contributed by atoms with Crippen molar-refractivity contribution in [1.29, 1.82) is 5.26 Å². The van der Waals surface area contributed by atoms with Gasteiger partial charge in [-0.25, -0.2) is 4.68 Å². The van der Waals surface area contributed by atoms with Crippen molar-refractivity contribution >= 4 is 0 Å². The van der Waals surface area contributed by atoms with Gasteiger partial charge in [-0.15, -0.1) is 5.10 Å². The fourth-order valence-electron chi connectivity index (χ4n) is 3.56. The van der Waals surface area contributed by atoms with E-state index in [1.807, 2.05) is 0 Å². The molecular weight excluding hydrogens is 260 g/mol. The molecule has 116 valence electrons. The van der Waals surface area contributed by atoms with Crippen LogP contribution in [0.3, 0.4) is 0 Å². The zero-order valence-electron chi connectivity index (χ0n) is 13.6. The summed E-state index contributed by atoms with van der Waals surface area (Å²) in [6.45, 7) is 7.00. The number of hydrogen-bond acceptors (Lipinski definition) is 3. The second kappa shape index (κ2) is 7.59. The Morgan fingerprint density at radius 2 is 2.19 bits per heavy atom. The third-order valence-corrected chi connectivity index (χ3v) is 4.86. The third kappa shape index (κ3) is 4.30. The predicted octanol–water partition coefficient (Wildman–Crippen LogP) is 4.15. The summed E-state index contributed by atoms with van der Waals surface area (Å²) in [5, 5.41) is 17.3. The summed E-state index contributed by atoms with van der Waals surface area (Å²) in [6, 6.07) is 2.70. The maximum atomic E-state index is 8.56. The highest BCUT2D eigenvalue weighted by Gasteiger charge is 2.32. The molecule has 1 aromatic heterocycles. The fraction of sp³-hybridized carbons (Fsp3) is 0.824. The Hall–Kier alpha value is -1.37. The number of unbranched alkanes of at least 4 members (excludes halogenated alkanes) is 2. The van der Waals surface area contributed by atoms with E-state index in [2.05, 4.69) is 48.0 Å². The molecule has 2 rings (SSSR count). The van der Waals surface area contributed by atoms with Crippen LogP contribution in [0.2, 0.25) is 0 Å². The van der Waals surface area contributed by atoms with Crippen LogP contribution in [0.4, 0.5) is 0 Å². The topological polar surface area (TPSA) is 54.5 Å². The minimum atomic E-state index is 0.508. The molecule has 1 saturated carbocycles. The Labute approximate surface area is 128 Å². The van der Waals surface area contributed by atoms with Crippen LogP contribution in [0, 0.1) is 29.1 Å². The van der Waals surface area contributed by atoms with E-state index in [1.54, 1.807) is 0 Å². The molecule has 0 radical (unpaired) electrons. The second-order valence-corrected chi connectivity index (χ2v) is 6.95. The van der Waals surface area contributed by atoms with E-state index in [0.717, 1.165) is 30.9 Å². The highest BCUT2D eigenvalue weighted by Crippen LogP contribution is 2.40. The Balaban J connectivity index is 1.99. The lowest BCUT2D eigenvalue weighted by Gasteiger charge is -2.37. The molecule has 0 unspecified atom stereocenters. The molecule has 0 aromatic carbocycles. The smallest absolute Gasteiger partial charge is 0.0827 e. The lowest BCUT2D eigenvalue weighted by atomic mass is 9.74. The standard InChI is InChI=1S/C17H28N4/c1-13(2)16-9-8-14(3)11-17(16)21-12-15(19-20-21)7-5-4-6-10-18/h12-14,16-17H,4-9,11H2,1-3H3/t14-,16+,17-/m1/s1. The van der Waals surface area contributed by atoms with E-state index in [-0.39, 0.29) is 0 Å². The van der Waals surface area contributed by atoms with Gasteiger partial charge in [-0.3, -0.25) is 0 Å². The SMILES string of the molecule is CC(C)[C@@H]1CC[C@@H](C)C[C@H]1n1cc(CCCCC#N)nn1. The zero-order valence-corrected chi connectivity index (χ0v) is 13.6. The minimum absolute atomic E-state index is 0.508. The lowest BCUT2D eigenvalue weighted by molar-refractivity contribution is 0.137. The van der Waals surface area contributed by atoms with E-state index in [0.29, 0.717) is 24.3 Å². The van der Waals surface area contributed by atoms with Crippen LogP contribution in [0.5, 0.6) is 0 Å². The maximum Gasteiger partial charge on any atom is 0.0827 e. The summed E-state index contributed by atoms with van der Waals surface area (Å²) in [5.41, 5.74) is 1.08. The van der Waals surface area contributed by atoms with Gasteiger partial charge in [0.25, 0.3) is 0 Å². The molecule has 1 fully saturated rings. The van der Waals surface area contributed by atoms with Gasteiger partial charge in [0.2, 0.25) is 0 Å². The number of nitrogens with zero attached hydrogens (tertiary/aromatic N) is 4. The molecule has 3 atom stereocenters. The Bertz CT molecular complexity index is 471. The normalized spacial score (nSPS) is 26.0. The van der Waals surface area contributed by atoms with Crippen molar-refractivity contribution in [3.63, 3.8) is 0 Å². The Morgan fingerprint density at radius 3 is 2.90 bits per heavy atom. The molecule has 0 amide bonds. The largest absolute Gasteiger partial charge is 0.249 e. The second-order valence-electron chi connectivity index (χ2n) is 6.95. The van der Waals surface area contributed by atoms with Crippen LogP contribution < -0.4 is 0 Å². The first kappa shape index (κ1) is 16.0. The average Bonchev–Trinajstić information content (AvgIpc) is 2.92. The number of hydrogen-bond donors (Lipinski definition) is 0. The first-order valence-electron chi connectivity index (χ1n) is 8.39. The molecule has 1 aromatic rings. The molecule has 0 N–H and O–H groups in total. The van der Waals surface area contributed by atoms with Crippen molar-refractivity contribution in [3.8, 4) is 6.07 Å². The van der Waals surface area contributed by atoms with E-state index in [1.165, 1.54) is 19.3 Å². The van der Waals surface area contributed by atoms with Gasteiger partial charge in [-0.2, -0.15) is 5.26 Å². The summed E-state index contributed by atoms with van der Waals surface area (Å²) in [6.07, 6.45) is 9.58. The molecule has 0 bridgehead atoms. The molecule has 1 heterocycles.